The molecule has 0 saturated heterocycles. The summed E-state index contributed by atoms with van der Waals surface area (Å²) >= 11 is 1.87. The number of aromatic amines is 1. The second-order valence-corrected chi connectivity index (χ2v) is 6.87. The summed E-state index contributed by atoms with van der Waals surface area (Å²) < 4.78 is 0.227. The molecule has 104 valence electrons. The molecule has 2 fully saturated rings. The van der Waals surface area contributed by atoms with E-state index >= 15 is 0 Å². The average Bonchev–Trinajstić information content (AvgIpc) is 2.99. The number of thioether (sulfide) groups is 1. The van der Waals surface area contributed by atoms with Crippen molar-refractivity contribution in [3.8, 4) is 0 Å². The van der Waals surface area contributed by atoms with Crippen LogP contribution in [0.4, 0.5) is 0 Å². The van der Waals surface area contributed by atoms with Crippen molar-refractivity contribution in [2.45, 2.75) is 49.2 Å². The topological polar surface area (TPSA) is 70.7 Å². The SMILES string of the molecule is CSC1(CNC(=O)c2n[nH]c(C3CC3)n2)CCCC1. The van der Waals surface area contributed by atoms with Crippen LogP contribution in [0.1, 0.15) is 60.9 Å². The molecular formula is C13H20N4OS. The van der Waals surface area contributed by atoms with Crippen molar-refractivity contribution >= 4 is 17.7 Å². The zero-order valence-corrected chi connectivity index (χ0v) is 12.1. The van der Waals surface area contributed by atoms with E-state index in [2.05, 4.69) is 26.8 Å². The van der Waals surface area contributed by atoms with Crippen molar-refractivity contribution in [3.05, 3.63) is 11.6 Å². The third kappa shape index (κ3) is 2.78. The summed E-state index contributed by atoms with van der Waals surface area (Å²) in [6, 6.07) is 0. The van der Waals surface area contributed by atoms with Crippen LogP contribution in [0, 0.1) is 0 Å². The number of nitrogens with zero attached hydrogens (tertiary/aromatic N) is 2. The summed E-state index contributed by atoms with van der Waals surface area (Å²) in [5.41, 5.74) is 0. The van der Waals surface area contributed by atoms with Crippen LogP contribution in [0.25, 0.3) is 0 Å². The number of H-pyrrole nitrogens is 1. The normalized spacial score (nSPS) is 21.5. The molecular weight excluding hydrogens is 260 g/mol. The molecule has 1 aromatic heterocycles. The lowest BCUT2D eigenvalue weighted by molar-refractivity contribution is 0.0939. The zero-order valence-electron chi connectivity index (χ0n) is 11.2. The van der Waals surface area contributed by atoms with Crippen LogP contribution in [0.5, 0.6) is 0 Å². The number of aromatic nitrogens is 3. The molecule has 0 aromatic carbocycles. The number of rotatable bonds is 5. The minimum absolute atomic E-state index is 0.150. The summed E-state index contributed by atoms with van der Waals surface area (Å²) in [6.45, 7) is 0.723. The lowest BCUT2D eigenvalue weighted by atomic mass is 10.1. The Morgan fingerprint density at radius 1 is 1.47 bits per heavy atom. The Kier molecular flexibility index (Phi) is 3.52. The van der Waals surface area contributed by atoms with Crippen LogP contribution in [-0.4, -0.2) is 38.6 Å². The smallest absolute Gasteiger partial charge is 0.291 e. The monoisotopic (exact) mass is 280 g/mol. The molecule has 0 unspecified atom stereocenters. The summed E-state index contributed by atoms with van der Waals surface area (Å²) in [6.07, 6.45) is 9.37. The zero-order chi connectivity index (χ0) is 13.3. The van der Waals surface area contributed by atoms with Crippen molar-refractivity contribution in [3.63, 3.8) is 0 Å². The van der Waals surface area contributed by atoms with Gasteiger partial charge in [-0.2, -0.15) is 11.8 Å². The summed E-state index contributed by atoms with van der Waals surface area (Å²) in [4.78, 5) is 16.3. The largest absolute Gasteiger partial charge is 0.348 e. The fraction of sp³-hybridized carbons (Fsp3) is 0.769. The van der Waals surface area contributed by atoms with E-state index in [-0.39, 0.29) is 16.5 Å². The van der Waals surface area contributed by atoms with Crippen molar-refractivity contribution in [1.82, 2.24) is 20.5 Å². The Balaban J connectivity index is 1.57. The molecule has 1 heterocycles. The summed E-state index contributed by atoms with van der Waals surface area (Å²) in [5, 5.41) is 9.89. The standard InChI is InChI=1S/C13H20N4OS/c1-19-13(6-2-3-7-13)8-14-12(18)11-15-10(16-17-11)9-4-5-9/h9H,2-8H2,1H3,(H,14,18)(H,15,16,17). The quantitative estimate of drug-likeness (QED) is 0.866. The van der Waals surface area contributed by atoms with E-state index in [1.807, 2.05) is 11.8 Å². The Morgan fingerprint density at radius 3 is 2.84 bits per heavy atom. The van der Waals surface area contributed by atoms with Gasteiger partial charge in [-0.1, -0.05) is 12.8 Å². The molecule has 0 radical (unpaired) electrons. The van der Waals surface area contributed by atoms with Crippen LogP contribution < -0.4 is 5.32 Å². The van der Waals surface area contributed by atoms with Gasteiger partial charge in [-0.05, 0) is 31.9 Å². The van der Waals surface area contributed by atoms with Crippen LogP contribution in [0.3, 0.4) is 0 Å². The Labute approximate surface area is 117 Å². The van der Waals surface area contributed by atoms with Gasteiger partial charge in [0.2, 0.25) is 5.82 Å². The molecule has 2 aliphatic rings. The van der Waals surface area contributed by atoms with Crippen molar-refractivity contribution < 1.29 is 4.79 Å². The summed E-state index contributed by atoms with van der Waals surface area (Å²) in [7, 11) is 0. The highest BCUT2D eigenvalue weighted by atomic mass is 32.2. The highest BCUT2D eigenvalue weighted by molar-refractivity contribution is 8.00. The first-order valence-electron chi connectivity index (χ1n) is 6.98. The number of carbonyl (C=O) groups excluding carboxylic acids is 1. The van der Waals surface area contributed by atoms with Crippen LogP contribution in [0.15, 0.2) is 0 Å². The minimum Gasteiger partial charge on any atom is -0.348 e. The van der Waals surface area contributed by atoms with Gasteiger partial charge in [-0.15, -0.1) is 5.10 Å². The molecule has 5 nitrogen and oxygen atoms in total. The van der Waals surface area contributed by atoms with Gasteiger partial charge < -0.3 is 5.32 Å². The number of amides is 1. The Bertz CT molecular complexity index is 463. The van der Waals surface area contributed by atoms with E-state index in [1.165, 1.54) is 25.7 Å². The van der Waals surface area contributed by atoms with Gasteiger partial charge in [-0.25, -0.2) is 4.98 Å². The lowest BCUT2D eigenvalue weighted by Gasteiger charge is -2.26. The molecule has 0 atom stereocenters. The molecule has 3 rings (SSSR count). The van der Waals surface area contributed by atoms with Gasteiger partial charge in [0.15, 0.2) is 0 Å². The van der Waals surface area contributed by atoms with E-state index < -0.39 is 0 Å². The third-order valence-electron chi connectivity index (χ3n) is 4.19. The summed E-state index contributed by atoms with van der Waals surface area (Å²) in [5.74, 6) is 1.51. The maximum atomic E-state index is 12.1. The number of hydrogen-bond donors (Lipinski definition) is 2. The van der Waals surface area contributed by atoms with Crippen molar-refractivity contribution in [2.75, 3.05) is 12.8 Å². The number of hydrogen-bond acceptors (Lipinski definition) is 4. The predicted octanol–water partition coefficient (Wildman–Crippen LogP) is 2.09. The molecule has 19 heavy (non-hydrogen) atoms. The van der Waals surface area contributed by atoms with E-state index in [1.54, 1.807) is 0 Å². The molecule has 0 aliphatic heterocycles. The second kappa shape index (κ2) is 5.15. The lowest BCUT2D eigenvalue weighted by Crippen LogP contribution is -2.38. The Morgan fingerprint density at radius 2 is 2.21 bits per heavy atom. The van der Waals surface area contributed by atoms with Gasteiger partial charge in [-0.3, -0.25) is 9.89 Å². The number of carbonyl (C=O) groups is 1. The average molecular weight is 280 g/mol. The maximum absolute atomic E-state index is 12.1. The van der Waals surface area contributed by atoms with Gasteiger partial charge in [0, 0.05) is 17.2 Å². The first kappa shape index (κ1) is 13.0. The van der Waals surface area contributed by atoms with Gasteiger partial charge >= 0.3 is 0 Å². The Hall–Kier alpha value is -1.04. The second-order valence-electron chi connectivity index (χ2n) is 5.60. The molecule has 1 amide bonds. The fourth-order valence-corrected chi connectivity index (χ4v) is 3.62. The fourth-order valence-electron chi connectivity index (χ4n) is 2.71. The molecule has 0 bridgehead atoms. The molecule has 2 saturated carbocycles. The van der Waals surface area contributed by atoms with E-state index in [4.69, 9.17) is 0 Å². The van der Waals surface area contributed by atoms with Crippen molar-refractivity contribution in [1.29, 1.82) is 0 Å². The molecule has 6 heteroatoms. The first-order valence-corrected chi connectivity index (χ1v) is 8.21. The van der Waals surface area contributed by atoms with Gasteiger partial charge in [0.05, 0.1) is 0 Å². The van der Waals surface area contributed by atoms with Crippen LogP contribution in [0.2, 0.25) is 0 Å². The molecule has 2 N–H and O–H groups in total. The number of nitrogens with one attached hydrogen (secondary N) is 2. The van der Waals surface area contributed by atoms with E-state index in [0.29, 0.717) is 5.92 Å². The minimum atomic E-state index is -0.150. The van der Waals surface area contributed by atoms with Crippen LogP contribution >= 0.6 is 11.8 Å². The first-order chi connectivity index (χ1) is 9.22. The highest BCUT2D eigenvalue weighted by Gasteiger charge is 2.34. The van der Waals surface area contributed by atoms with E-state index in [9.17, 15) is 4.79 Å². The molecule has 0 spiro atoms. The molecule has 1 aromatic rings. The van der Waals surface area contributed by atoms with E-state index in [0.717, 1.165) is 25.2 Å². The van der Waals surface area contributed by atoms with Crippen molar-refractivity contribution in [2.24, 2.45) is 0 Å². The third-order valence-corrected chi connectivity index (χ3v) is 5.61. The van der Waals surface area contributed by atoms with Gasteiger partial charge in [0.25, 0.3) is 5.91 Å². The van der Waals surface area contributed by atoms with Gasteiger partial charge in [0.1, 0.15) is 5.82 Å². The predicted molar refractivity (Wildman–Crippen MR) is 75.4 cm³/mol. The van der Waals surface area contributed by atoms with Crippen LogP contribution in [-0.2, 0) is 0 Å². The maximum Gasteiger partial charge on any atom is 0.291 e. The highest BCUT2D eigenvalue weighted by Crippen LogP contribution is 2.39. The molecule has 2 aliphatic carbocycles.